The summed E-state index contributed by atoms with van der Waals surface area (Å²) in [5.74, 6) is 0.398. The Balaban J connectivity index is 2.18. The van der Waals surface area contributed by atoms with E-state index >= 15 is 0 Å². The Morgan fingerprint density at radius 3 is 3.13 bits per heavy atom. The van der Waals surface area contributed by atoms with Crippen LogP contribution in [0.3, 0.4) is 0 Å². The van der Waals surface area contributed by atoms with Crippen molar-refractivity contribution in [2.24, 2.45) is 11.7 Å². The molecule has 0 aromatic heterocycles. The van der Waals surface area contributed by atoms with Crippen LogP contribution in [0.5, 0.6) is 0 Å². The lowest BCUT2D eigenvalue weighted by molar-refractivity contribution is 0.363. The zero-order chi connectivity index (χ0) is 10.8. The molecule has 15 heavy (non-hydrogen) atoms. The van der Waals surface area contributed by atoms with Crippen molar-refractivity contribution in [3.63, 3.8) is 0 Å². The standard InChI is InChI=1S/C12H18N2S/c1-8(15)14-11-7-3-5-9-4-2-6-10(13)12(9)11/h2-6,8,10-12,14-15H,7,13H2,1H3. The van der Waals surface area contributed by atoms with Gasteiger partial charge in [0.2, 0.25) is 0 Å². The molecule has 0 amide bonds. The third kappa shape index (κ3) is 2.36. The van der Waals surface area contributed by atoms with E-state index in [2.05, 4.69) is 49.2 Å². The Labute approximate surface area is 96.7 Å². The third-order valence-corrected chi connectivity index (χ3v) is 3.16. The molecule has 3 N–H and O–H groups in total. The average molecular weight is 222 g/mol. The quantitative estimate of drug-likeness (QED) is 0.491. The zero-order valence-corrected chi connectivity index (χ0v) is 9.82. The molecule has 2 aliphatic carbocycles. The van der Waals surface area contributed by atoms with Gasteiger partial charge in [-0.2, -0.15) is 12.6 Å². The molecule has 0 bridgehead atoms. The smallest absolute Gasteiger partial charge is 0.0476 e. The van der Waals surface area contributed by atoms with Gasteiger partial charge in [0.25, 0.3) is 0 Å². The maximum absolute atomic E-state index is 6.13. The number of hydrogen-bond acceptors (Lipinski definition) is 3. The van der Waals surface area contributed by atoms with Gasteiger partial charge in [-0.15, -0.1) is 0 Å². The number of nitrogens with one attached hydrogen (secondary N) is 1. The molecule has 2 nitrogen and oxygen atoms in total. The number of nitrogens with two attached hydrogens (primary N) is 1. The molecule has 0 radical (unpaired) electrons. The van der Waals surface area contributed by atoms with Gasteiger partial charge < -0.3 is 11.1 Å². The Bertz CT molecular complexity index is 318. The van der Waals surface area contributed by atoms with Gasteiger partial charge in [0, 0.05) is 23.4 Å². The lowest BCUT2D eigenvalue weighted by Crippen LogP contribution is -2.48. The molecule has 0 spiro atoms. The molecular weight excluding hydrogens is 204 g/mol. The second-order valence-electron chi connectivity index (χ2n) is 4.24. The summed E-state index contributed by atoms with van der Waals surface area (Å²) < 4.78 is 0. The molecule has 0 fully saturated rings. The summed E-state index contributed by atoms with van der Waals surface area (Å²) >= 11 is 4.38. The Hall–Kier alpha value is -0.510. The fourth-order valence-corrected chi connectivity index (χ4v) is 2.59. The summed E-state index contributed by atoms with van der Waals surface area (Å²) in [6, 6.07) is 0.535. The van der Waals surface area contributed by atoms with E-state index in [0.29, 0.717) is 12.0 Å². The summed E-state index contributed by atoms with van der Waals surface area (Å²) in [5, 5.41) is 3.68. The lowest BCUT2D eigenvalue weighted by Gasteiger charge is -2.36. The predicted octanol–water partition coefficient (Wildman–Crippen LogP) is 1.62. The first kappa shape index (κ1) is 11.0. The highest BCUT2D eigenvalue weighted by Crippen LogP contribution is 2.30. The van der Waals surface area contributed by atoms with E-state index in [1.807, 2.05) is 6.08 Å². The van der Waals surface area contributed by atoms with Crippen LogP contribution < -0.4 is 11.1 Å². The van der Waals surface area contributed by atoms with Crippen LogP contribution in [0.15, 0.2) is 36.0 Å². The SMILES string of the molecule is CC(S)NC1CC=CC2=CC=CC(N)C21. The number of allylic oxidation sites excluding steroid dienone is 3. The molecule has 2 rings (SSSR count). The Morgan fingerprint density at radius 1 is 1.60 bits per heavy atom. The number of thiol groups is 1. The molecule has 4 unspecified atom stereocenters. The van der Waals surface area contributed by atoms with E-state index in [1.54, 1.807) is 0 Å². The minimum atomic E-state index is 0.125. The van der Waals surface area contributed by atoms with Crippen molar-refractivity contribution in [3.05, 3.63) is 36.0 Å². The molecule has 0 heterocycles. The monoisotopic (exact) mass is 222 g/mol. The summed E-state index contributed by atoms with van der Waals surface area (Å²) in [6.45, 7) is 2.05. The van der Waals surface area contributed by atoms with Gasteiger partial charge in [0.05, 0.1) is 0 Å². The van der Waals surface area contributed by atoms with E-state index in [-0.39, 0.29) is 11.4 Å². The summed E-state index contributed by atoms with van der Waals surface area (Å²) in [6.07, 6.45) is 11.7. The highest BCUT2D eigenvalue weighted by molar-refractivity contribution is 7.80. The van der Waals surface area contributed by atoms with Crippen molar-refractivity contribution in [3.8, 4) is 0 Å². The minimum Gasteiger partial charge on any atom is -0.324 e. The molecule has 0 aliphatic heterocycles. The Kier molecular flexibility index (Phi) is 3.34. The van der Waals surface area contributed by atoms with Crippen LogP contribution in [0.1, 0.15) is 13.3 Å². The van der Waals surface area contributed by atoms with Crippen molar-refractivity contribution in [1.29, 1.82) is 0 Å². The Morgan fingerprint density at radius 2 is 2.40 bits per heavy atom. The molecule has 3 heteroatoms. The van der Waals surface area contributed by atoms with Crippen LogP contribution in [0.25, 0.3) is 0 Å². The van der Waals surface area contributed by atoms with E-state index in [9.17, 15) is 0 Å². The highest BCUT2D eigenvalue weighted by Gasteiger charge is 2.31. The molecule has 82 valence electrons. The molecule has 0 saturated carbocycles. The second-order valence-corrected chi connectivity index (χ2v) is 5.02. The summed E-state index contributed by atoms with van der Waals surface area (Å²) in [4.78, 5) is 0. The molecule has 4 atom stereocenters. The summed E-state index contributed by atoms with van der Waals surface area (Å²) in [7, 11) is 0. The number of fused-ring (bicyclic) bond motifs is 1. The predicted molar refractivity (Wildman–Crippen MR) is 67.8 cm³/mol. The van der Waals surface area contributed by atoms with Gasteiger partial charge in [0.1, 0.15) is 0 Å². The van der Waals surface area contributed by atoms with E-state index in [4.69, 9.17) is 5.73 Å². The fourth-order valence-electron chi connectivity index (χ4n) is 2.39. The highest BCUT2D eigenvalue weighted by atomic mass is 32.1. The topological polar surface area (TPSA) is 38.0 Å². The van der Waals surface area contributed by atoms with E-state index < -0.39 is 0 Å². The average Bonchev–Trinajstić information content (AvgIpc) is 2.17. The fraction of sp³-hybridized carbons (Fsp3) is 0.500. The molecular formula is C12H18N2S. The van der Waals surface area contributed by atoms with E-state index in [0.717, 1.165) is 6.42 Å². The van der Waals surface area contributed by atoms with Crippen LogP contribution in [-0.2, 0) is 0 Å². The van der Waals surface area contributed by atoms with Crippen molar-refractivity contribution >= 4 is 12.6 Å². The van der Waals surface area contributed by atoms with Crippen molar-refractivity contribution in [2.75, 3.05) is 0 Å². The van der Waals surface area contributed by atoms with Crippen LogP contribution in [0.4, 0.5) is 0 Å². The van der Waals surface area contributed by atoms with Crippen LogP contribution in [0, 0.1) is 5.92 Å². The van der Waals surface area contributed by atoms with Gasteiger partial charge >= 0.3 is 0 Å². The second kappa shape index (κ2) is 4.56. The van der Waals surface area contributed by atoms with Crippen LogP contribution in [0.2, 0.25) is 0 Å². The van der Waals surface area contributed by atoms with Crippen molar-refractivity contribution < 1.29 is 0 Å². The van der Waals surface area contributed by atoms with Gasteiger partial charge in [-0.05, 0) is 18.9 Å². The lowest BCUT2D eigenvalue weighted by atomic mass is 9.77. The third-order valence-electron chi connectivity index (χ3n) is 3.01. The largest absolute Gasteiger partial charge is 0.324 e. The van der Waals surface area contributed by atoms with Gasteiger partial charge in [-0.3, -0.25) is 0 Å². The first-order valence-corrected chi connectivity index (χ1v) is 5.95. The van der Waals surface area contributed by atoms with Crippen LogP contribution >= 0.6 is 12.6 Å². The summed E-state index contributed by atoms with van der Waals surface area (Å²) in [5.41, 5.74) is 7.46. The normalized spacial score (nSPS) is 35.9. The first-order chi connectivity index (χ1) is 7.18. The van der Waals surface area contributed by atoms with Crippen molar-refractivity contribution in [1.82, 2.24) is 5.32 Å². The molecule has 0 aromatic carbocycles. The van der Waals surface area contributed by atoms with Crippen LogP contribution in [-0.4, -0.2) is 17.5 Å². The maximum atomic E-state index is 6.13. The number of rotatable bonds is 2. The minimum absolute atomic E-state index is 0.125. The van der Waals surface area contributed by atoms with Gasteiger partial charge in [0.15, 0.2) is 0 Å². The maximum Gasteiger partial charge on any atom is 0.0476 e. The van der Waals surface area contributed by atoms with E-state index in [1.165, 1.54) is 5.57 Å². The van der Waals surface area contributed by atoms with Crippen molar-refractivity contribution in [2.45, 2.75) is 30.8 Å². The van der Waals surface area contributed by atoms with Gasteiger partial charge in [-0.25, -0.2) is 0 Å². The van der Waals surface area contributed by atoms with Gasteiger partial charge in [-0.1, -0.05) is 30.4 Å². The molecule has 0 saturated heterocycles. The number of hydrogen-bond donors (Lipinski definition) is 3. The zero-order valence-electron chi connectivity index (χ0n) is 8.93. The molecule has 0 aromatic rings. The first-order valence-electron chi connectivity index (χ1n) is 5.43. The molecule has 2 aliphatic rings.